The van der Waals surface area contributed by atoms with E-state index in [1.165, 1.54) is 5.56 Å². The Morgan fingerprint density at radius 3 is 2.00 bits per heavy atom. The van der Waals surface area contributed by atoms with Gasteiger partial charge >= 0.3 is 0 Å². The van der Waals surface area contributed by atoms with Crippen LogP contribution in [0.25, 0.3) is 11.1 Å². The maximum atomic E-state index is 5.66. The predicted octanol–water partition coefficient (Wildman–Crippen LogP) is 2.48. The molecule has 0 aliphatic carbocycles. The van der Waals surface area contributed by atoms with E-state index in [9.17, 15) is 0 Å². The molecule has 1 heterocycles. The Labute approximate surface area is 95.1 Å². The van der Waals surface area contributed by atoms with Gasteiger partial charge in [-0.1, -0.05) is 31.2 Å². The molecule has 3 nitrogen and oxygen atoms in total. The second kappa shape index (κ2) is 4.23. The van der Waals surface area contributed by atoms with E-state index in [4.69, 9.17) is 11.5 Å². The van der Waals surface area contributed by atoms with Gasteiger partial charge in [-0.2, -0.15) is 0 Å². The third kappa shape index (κ3) is 2.14. The van der Waals surface area contributed by atoms with Crippen LogP contribution in [0.2, 0.25) is 0 Å². The van der Waals surface area contributed by atoms with Crippen molar-refractivity contribution in [3.63, 3.8) is 0 Å². The van der Waals surface area contributed by atoms with Gasteiger partial charge in [0.15, 0.2) is 0 Å². The Balaban J connectivity index is 2.42. The Morgan fingerprint density at radius 1 is 0.938 bits per heavy atom. The van der Waals surface area contributed by atoms with Crippen LogP contribution >= 0.6 is 0 Å². The van der Waals surface area contributed by atoms with Crippen LogP contribution in [0.5, 0.6) is 0 Å². The molecule has 0 fully saturated rings. The molecule has 0 unspecified atom stereocenters. The van der Waals surface area contributed by atoms with Crippen LogP contribution in [0, 0.1) is 0 Å². The topological polar surface area (TPSA) is 64.9 Å². The first-order valence-electron chi connectivity index (χ1n) is 5.31. The Morgan fingerprint density at radius 2 is 1.50 bits per heavy atom. The highest BCUT2D eigenvalue weighted by Crippen LogP contribution is 2.23. The molecule has 0 aliphatic heterocycles. The molecule has 1 aromatic heterocycles. The van der Waals surface area contributed by atoms with Gasteiger partial charge in [0.2, 0.25) is 0 Å². The molecule has 3 heteroatoms. The van der Waals surface area contributed by atoms with Gasteiger partial charge in [-0.05, 0) is 35.2 Å². The first kappa shape index (κ1) is 10.5. The SMILES string of the molecule is CCc1ccc(-c2cc(N)nc(N)c2)cc1. The monoisotopic (exact) mass is 213 g/mol. The van der Waals surface area contributed by atoms with Crippen molar-refractivity contribution in [1.29, 1.82) is 0 Å². The molecule has 4 N–H and O–H groups in total. The zero-order valence-electron chi connectivity index (χ0n) is 9.27. The summed E-state index contributed by atoms with van der Waals surface area (Å²) >= 11 is 0. The molecular weight excluding hydrogens is 198 g/mol. The fourth-order valence-electron chi connectivity index (χ4n) is 1.67. The zero-order chi connectivity index (χ0) is 11.5. The van der Waals surface area contributed by atoms with Crippen molar-refractivity contribution in [1.82, 2.24) is 4.98 Å². The minimum absolute atomic E-state index is 0.453. The number of aryl methyl sites for hydroxylation is 1. The summed E-state index contributed by atoms with van der Waals surface area (Å²) in [5.41, 5.74) is 14.8. The van der Waals surface area contributed by atoms with Crippen LogP contribution in [-0.4, -0.2) is 4.98 Å². The molecule has 0 saturated heterocycles. The van der Waals surface area contributed by atoms with Crippen LogP contribution in [0.1, 0.15) is 12.5 Å². The standard InChI is InChI=1S/C13H15N3/c1-2-9-3-5-10(6-4-9)11-7-12(14)16-13(15)8-11/h3-8H,2H2,1H3,(H4,14,15,16). The van der Waals surface area contributed by atoms with Gasteiger partial charge in [0.25, 0.3) is 0 Å². The fraction of sp³-hybridized carbons (Fsp3) is 0.154. The van der Waals surface area contributed by atoms with Gasteiger partial charge in [-0.25, -0.2) is 4.98 Å². The Hall–Kier alpha value is -2.03. The largest absolute Gasteiger partial charge is 0.384 e. The molecule has 0 radical (unpaired) electrons. The second-order valence-electron chi connectivity index (χ2n) is 3.76. The van der Waals surface area contributed by atoms with Gasteiger partial charge in [0.05, 0.1) is 0 Å². The molecule has 82 valence electrons. The lowest BCUT2D eigenvalue weighted by Gasteiger charge is -2.05. The van der Waals surface area contributed by atoms with E-state index < -0.39 is 0 Å². The number of nitrogens with zero attached hydrogens (tertiary/aromatic N) is 1. The average molecular weight is 213 g/mol. The summed E-state index contributed by atoms with van der Waals surface area (Å²) in [6.45, 7) is 2.14. The molecule has 0 amide bonds. The second-order valence-corrected chi connectivity index (χ2v) is 3.76. The normalized spacial score (nSPS) is 10.3. The van der Waals surface area contributed by atoms with E-state index in [0.29, 0.717) is 11.6 Å². The van der Waals surface area contributed by atoms with E-state index >= 15 is 0 Å². The lowest BCUT2D eigenvalue weighted by molar-refractivity contribution is 1.14. The molecule has 2 rings (SSSR count). The smallest absolute Gasteiger partial charge is 0.126 e. The minimum Gasteiger partial charge on any atom is -0.384 e. The number of aromatic nitrogens is 1. The molecule has 16 heavy (non-hydrogen) atoms. The van der Waals surface area contributed by atoms with Crippen molar-refractivity contribution < 1.29 is 0 Å². The summed E-state index contributed by atoms with van der Waals surface area (Å²) in [7, 11) is 0. The quantitative estimate of drug-likeness (QED) is 0.805. The third-order valence-corrected chi connectivity index (χ3v) is 2.56. The number of benzene rings is 1. The molecule has 0 atom stereocenters. The van der Waals surface area contributed by atoms with Crippen molar-refractivity contribution in [3.8, 4) is 11.1 Å². The fourth-order valence-corrected chi connectivity index (χ4v) is 1.67. The molecule has 2 aromatic rings. The number of rotatable bonds is 2. The highest BCUT2D eigenvalue weighted by molar-refractivity contribution is 5.69. The molecule has 0 spiro atoms. The summed E-state index contributed by atoms with van der Waals surface area (Å²) in [5, 5.41) is 0. The molecule has 0 saturated carbocycles. The van der Waals surface area contributed by atoms with E-state index in [0.717, 1.165) is 17.5 Å². The number of nitrogens with two attached hydrogens (primary N) is 2. The van der Waals surface area contributed by atoms with Crippen molar-refractivity contribution in [2.75, 3.05) is 11.5 Å². The summed E-state index contributed by atoms with van der Waals surface area (Å²) < 4.78 is 0. The highest BCUT2D eigenvalue weighted by Gasteiger charge is 2.01. The lowest BCUT2D eigenvalue weighted by atomic mass is 10.0. The third-order valence-electron chi connectivity index (χ3n) is 2.56. The number of hydrogen-bond acceptors (Lipinski definition) is 3. The lowest BCUT2D eigenvalue weighted by Crippen LogP contribution is -1.96. The first-order chi connectivity index (χ1) is 7.69. The van der Waals surface area contributed by atoms with Crippen molar-refractivity contribution in [2.24, 2.45) is 0 Å². The van der Waals surface area contributed by atoms with Gasteiger partial charge in [-0.3, -0.25) is 0 Å². The van der Waals surface area contributed by atoms with Gasteiger partial charge in [-0.15, -0.1) is 0 Å². The molecular formula is C13H15N3. The van der Waals surface area contributed by atoms with Crippen LogP contribution in [0.4, 0.5) is 11.6 Å². The van der Waals surface area contributed by atoms with Gasteiger partial charge in [0, 0.05) is 0 Å². The Bertz CT molecular complexity index is 469. The number of nitrogen functional groups attached to an aromatic ring is 2. The average Bonchev–Trinajstić information content (AvgIpc) is 2.28. The van der Waals surface area contributed by atoms with E-state index in [1.807, 2.05) is 12.1 Å². The predicted molar refractivity (Wildman–Crippen MR) is 67.9 cm³/mol. The van der Waals surface area contributed by atoms with E-state index in [2.05, 4.69) is 36.2 Å². The summed E-state index contributed by atoms with van der Waals surface area (Å²) in [4.78, 5) is 3.95. The summed E-state index contributed by atoms with van der Waals surface area (Å²) in [5.74, 6) is 0.907. The van der Waals surface area contributed by atoms with Gasteiger partial charge in [0.1, 0.15) is 11.6 Å². The molecule has 0 aliphatic rings. The maximum Gasteiger partial charge on any atom is 0.126 e. The first-order valence-corrected chi connectivity index (χ1v) is 5.31. The zero-order valence-corrected chi connectivity index (χ0v) is 9.27. The maximum absolute atomic E-state index is 5.66. The van der Waals surface area contributed by atoms with E-state index in [1.54, 1.807) is 0 Å². The molecule has 1 aromatic carbocycles. The Kier molecular flexibility index (Phi) is 2.77. The van der Waals surface area contributed by atoms with Crippen LogP contribution < -0.4 is 11.5 Å². The van der Waals surface area contributed by atoms with Crippen LogP contribution in [-0.2, 0) is 6.42 Å². The van der Waals surface area contributed by atoms with Crippen LogP contribution in [0.15, 0.2) is 36.4 Å². The highest BCUT2D eigenvalue weighted by atomic mass is 14.9. The van der Waals surface area contributed by atoms with Crippen molar-refractivity contribution in [2.45, 2.75) is 13.3 Å². The van der Waals surface area contributed by atoms with Crippen LogP contribution in [0.3, 0.4) is 0 Å². The van der Waals surface area contributed by atoms with Crippen molar-refractivity contribution in [3.05, 3.63) is 42.0 Å². The summed E-state index contributed by atoms with van der Waals surface area (Å²) in [6, 6.07) is 12.0. The minimum atomic E-state index is 0.453. The number of pyridine rings is 1. The van der Waals surface area contributed by atoms with Gasteiger partial charge < -0.3 is 11.5 Å². The van der Waals surface area contributed by atoms with Crippen molar-refractivity contribution >= 4 is 11.6 Å². The summed E-state index contributed by atoms with van der Waals surface area (Å²) in [6.07, 6.45) is 1.04. The van der Waals surface area contributed by atoms with E-state index in [-0.39, 0.29) is 0 Å². The number of anilines is 2. The molecule has 0 bridgehead atoms. The number of hydrogen-bond donors (Lipinski definition) is 2.